The fraction of sp³-hybridized carbons (Fsp3) is 0.455. The predicted octanol–water partition coefficient (Wildman–Crippen LogP) is 6.03. The number of benzene rings is 2. The molecule has 0 N–H and O–H groups in total. The summed E-state index contributed by atoms with van der Waals surface area (Å²) in [6.45, 7) is 5.07. The first-order chi connectivity index (χ1) is 19.1. The zero-order valence-corrected chi connectivity index (χ0v) is 23.5. The van der Waals surface area contributed by atoms with E-state index in [9.17, 15) is 19.2 Å². The van der Waals surface area contributed by atoms with E-state index >= 15 is 0 Å². The molecule has 0 aliphatic heterocycles. The van der Waals surface area contributed by atoms with Crippen LogP contribution in [-0.2, 0) is 20.7 Å². The molecule has 3 aliphatic rings. The quantitative estimate of drug-likeness (QED) is 0.182. The van der Waals surface area contributed by atoms with E-state index in [1.165, 1.54) is 26.0 Å². The van der Waals surface area contributed by atoms with Crippen LogP contribution in [0.1, 0.15) is 90.6 Å². The van der Waals surface area contributed by atoms with E-state index in [1.807, 2.05) is 12.1 Å². The van der Waals surface area contributed by atoms with Crippen LogP contribution in [0, 0.1) is 17.3 Å². The number of ketones is 2. The number of carbonyl (C=O) groups excluding carboxylic acids is 4. The lowest BCUT2D eigenvalue weighted by molar-refractivity contribution is -0.154. The highest BCUT2D eigenvalue weighted by molar-refractivity contribution is 6.13. The summed E-state index contributed by atoms with van der Waals surface area (Å²) in [6, 6.07) is 10.4. The predicted molar refractivity (Wildman–Crippen MR) is 149 cm³/mol. The minimum atomic E-state index is -0.503. The molecule has 0 bridgehead atoms. The Morgan fingerprint density at radius 3 is 2.30 bits per heavy atom. The zero-order chi connectivity index (χ0) is 28.6. The van der Waals surface area contributed by atoms with Gasteiger partial charge in [-0.3, -0.25) is 19.2 Å². The van der Waals surface area contributed by atoms with Crippen LogP contribution in [0.4, 0.5) is 0 Å². The van der Waals surface area contributed by atoms with Gasteiger partial charge in [-0.25, -0.2) is 0 Å². The summed E-state index contributed by atoms with van der Waals surface area (Å²) < 4.78 is 16.4. The molecule has 40 heavy (non-hydrogen) atoms. The molecule has 2 saturated carbocycles. The van der Waals surface area contributed by atoms with Crippen molar-refractivity contribution in [2.75, 3.05) is 7.11 Å². The smallest absolute Gasteiger partial charge is 0.308 e. The summed E-state index contributed by atoms with van der Waals surface area (Å²) in [7, 11) is 1.55. The largest absolute Gasteiger partial charge is 0.497 e. The number of methoxy groups -OCH3 is 1. The minimum absolute atomic E-state index is 0.0365. The second-order valence-electron chi connectivity index (χ2n) is 11.6. The Morgan fingerprint density at radius 1 is 0.900 bits per heavy atom. The molecule has 0 amide bonds. The van der Waals surface area contributed by atoms with Gasteiger partial charge in [0.25, 0.3) is 0 Å². The number of hydrogen-bond donors (Lipinski definition) is 0. The van der Waals surface area contributed by atoms with Gasteiger partial charge in [-0.1, -0.05) is 6.92 Å². The normalized spacial score (nSPS) is 26.8. The first-order valence-electron chi connectivity index (χ1n) is 14.0. The number of rotatable bonds is 7. The molecule has 5 rings (SSSR count). The summed E-state index contributed by atoms with van der Waals surface area (Å²) >= 11 is 0. The van der Waals surface area contributed by atoms with Gasteiger partial charge in [0, 0.05) is 24.8 Å². The van der Waals surface area contributed by atoms with E-state index in [2.05, 4.69) is 6.92 Å². The molecule has 2 aromatic carbocycles. The third-order valence-electron chi connectivity index (χ3n) is 9.33. The van der Waals surface area contributed by atoms with E-state index < -0.39 is 5.97 Å². The van der Waals surface area contributed by atoms with E-state index in [0.29, 0.717) is 23.1 Å². The van der Waals surface area contributed by atoms with Crippen LogP contribution in [0.5, 0.6) is 11.5 Å². The summed E-state index contributed by atoms with van der Waals surface area (Å²) in [6.07, 6.45) is 8.09. The van der Waals surface area contributed by atoms with Crippen LogP contribution in [0.3, 0.4) is 0 Å². The Bertz CT molecular complexity index is 1370. The van der Waals surface area contributed by atoms with Gasteiger partial charge in [-0.2, -0.15) is 0 Å². The number of allylic oxidation sites excluding steroid dienone is 2. The zero-order valence-electron chi connectivity index (χ0n) is 23.5. The van der Waals surface area contributed by atoms with Gasteiger partial charge in [0.05, 0.1) is 12.7 Å². The van der Waals surface area contributed by atoms with Gasteiger partial charge in [0.2, 0.25) is 0 Å². The average Bonchev–Trinajstić information content (AvgIpc) is 3.26. The standard InChI is InChI=1S/C33H36O7/c1-19(34)39-31-17-22-7-10-25-24(15-16-33(3)28(25)11-14-32(33)40-20(2)35)26(22)18-27(31)30(37)13-12-29(36)21-5-8-23(38-4)9-6-21/h5-6,8-9,12-13,17-18,24-25,28,32H,7,10-11,14-16H2,1-4H3/b13-12-/t24-,25+,28-,32-,33-/m0/s1. The molecule has 0 unspecified atom stereocenters. The first kappa shape index (κ1) is 27.8. The van der Waals surface area contributed by atoms with Gasteiger partial charge >= 0.3 is 11.9 Å². The van der Waals surface area contributed by atoms with E-state index in [0.717, 1.165) is 49.7 Å². The van der Waals surface area contributed by atoms with Crippen molar-refractivity contribution in [1.29, 1.82) is 0 Å². The van der Waals surface area contributed by atoms with Gasteiger partial charge in [-0.15, -0.1) is 0 Å². The number of carbonyl (C=O) groups is 4. The highest BCUT2D eigenvalue weighted by Gasteiger charge is 2.56. The molecule has 7 nitrogen and oxygen atoms in total. The molecule has 0 aromatic heterocycles. The molecule has 0 saturated heterocycles. The number of fused-ring (bicyclic) bond motifs is 5. The first-order valence-corrected chi connectivity index (χ1v) is 14.0. The highest BCUT2D eigenvalue weighted by Crippen LogP contribution is 2.61. The van der Waals surface area contributed by atoms with Crippen molar-refractivity contribution in [3.63, 3.8) is 0 Å². The Hall–Kier alpha value is -3.74. The van der Waals surface area contributed by atoms with Crippen molar-refractivity contribution in [2.24, 2.45) is 17.3 Å². The molecular weight excluding hydrogens is 508 g/mol. The molecule has 3 aliphatic carbocycles. The van der Waals surface area contributed by atoms with Crippen LogP contribution in [0.25, 0.3) is 0 Å². The van der Waals surface area contributed by atoms with Crippen molar-refractivity contribution >= 4 is 23.5 Å². The second-order valence-corrected chi connectivity index (χ2v) is 11.6. The maximum atomic E-state index is 13.4. The van der Waals surface area contributed by atoms with Crippen LogP contribution in [0.15, 0.2) is 48.6 Å². The van der Waals surface area contributed by atoms with E-state index in [-0.39, 0.29) is 46.3 Å². The van der Waals surface area contributed by atoms with Gasteiger partial charge in [0.1, 0.15) is 17.6 Å². The van der Waals surface area contributed by atoms with Gasteiger partial charge in [-0.05, 0) is 116 Å². The second kappa shape index (κ2) is 11.0. The van der Waals surface area contributed by atoms with Crippen LogP contribution < -0.4 is 9.47 Å². The van der Waals surface area contributed by atoms with Crippen molar-refractivity contribution in [2.45, 2.75) is 71.3 Å². The molecular formula is C33H36O7. The number of ether oxygens (including phenoxy) is 3. The third kappa shape index (κ3) is 5.21. The van der Waals surface area contributed by atoms with Gasteiger partial charge < -0.3 is 14.2 Å². The Morgan fingerprint density at radius 2 is 1.62 bits per heavy atom. The molecule has 5 atom stereocenters. The molecule has 0 heterocycles. The van der Waals surface area contributed by atoms with E-state index in [4.69, 9.17) is 14.2 Å². The molecule has 2 fully saturated rings. The summed E-state index contributed by atoms with van der Waals surface area (Å²) in [5.41, 5.74) is 2.91. The number of aryl methyl sites for hydroxylation is 1. The average molecular weight is 545 g/mol. The topological polar surface area (TPSA) is 96.0 Å². The lowest BCUT2D eigenvalue weighted by Crippen LogP contribution is -2.45. The van der Waals surface area contributed by atoms with E-state index in [1.54, 1.807) is 31.4 Å². The van der Waals surface area contributed by atoms with Crippen LogP contribution in [0.2, 0.25) is 0 Å². The number of esters is 2. The molecule has 0 spiro atoms. The fourth-order valence-corrected chi connectivity index (χ4v) is 7.47. The molecule has 0 radical (unpaired) electrons. The summed E-state index contributed by atoms with van der Waals surface area (Å²) in [4.78, 5) is 49.8. The van der Waals surface area contributed by atoms with Gasteiger partial charge in [0.15, 0.2) is 11.6 Å². The lowest BCUT2D eigenvalue weighted by Gasteiger charge is -2.50. The summed E-state index contributed by atoms with van der Waals surface area (Å²) in [5, 5.41) is 0. The van der Waals surface area contributed by atoms with Crippen molar-refractivity contribution in [3.8, 4) is 11.5 Å². The van der Waals surface area contributed by atoms with Crippen molar-refractivity contribution in [3.05, 3.63) is 70.8 Å². The fourth-order valence-electron chi connectivity index (χ4n) is 7.47. The maximum Gasteiger partial charge on any atom is 0.308 e. The third-order valence-corrected chi connectivity index (χ3v) is 9.33. The molecule has 210 valence electrons. The summed E-state index contributed by atoms with van der Waals surface area (Å²) in [5.74, 6) is 0.600. The maximum absolute atomic E-state index is 13.4. The Balaban J connectivity index is 1.43. The lowest BCUT2D eigenvalue weighted by atomic mass is 9.55. The molecule has 2 aromatic rings. The van der Waals surface area contributed by atoms with Crippen LogP contribution >= 0.6 is 0 Å². The Labute approximate surface area is 234 Å². The van der Waals surface area contributed by atoms with Crippen LogP contribution in [-0.4, -0.2) is 36.7 Å². The SMILES string of the molecule is COc1ccc(C(=O)/C=C\C(=O)c2cc3c(cc2OC(C)=O)CC[C@@H]2[C@@H]3CC[C@]3(C)[C@@H](OC(C)=O)CC[C@@H]23)cc1. The number of hydrogen-bond acceptors (Lipinski definition) is 7. The van der Waals surface area contributed by atoms with Crippen molar-refractivity contribution < 1.29 is 33.4 Å². The monoisotopic (exact) mass is 544 g/mol. The minimum Gasteiger partial charge on any atom is -0.497 e. The Kier molecular flexibility index (Phi) is 7.67. The molecule has 7 heteroatoms. The van der Waals surface area contributed by atoms with Crippen molar-refractivity contribution in [1.82, 2.24) is 0 Å². The highest BCUT2D eigenvalue weighted by atomic mass is 16.5.